The fourth-order valence-corrected chi connectivity index (χ4v) is 4.90. The summed E-state index contributed by atoms with van der Waals surface area (Å²) in [5.74, 6) is 0. The topological polar surface area (TPSA) is 7.12 Å². The first-order valence-electron chi connectivity index (χ1n) is 14.6. The monoisotopic (exact) mass is 485 g/mol. The van der Waals surface area contributed by atoms with Crippen molar-refractivity contribution in [2.45, 2.75) is 90.9 Å². The molecule has 1 heterocycles. The van der Waals surface area contributed by atoms with Crippen LogP contribution < -0.4 is 9.47 Å². The van der Waals surface area contributed by atoms with Crippen LogP contribution in [0.5, 0.6) is 0 Å². The molecule has 2 aromatic carbocycles. The molecule has 0 spiro atoms. The Bertz CT molecular complexity index is 1020. The van der Waals surface area contributed by atoms with Crippen LogP contribution in [0, 0.1) is 0 Å². The summed E-state index contributed by atoms with van der Waals surface area (Å²) < 4.78 is 2.06. The molecule has 0 aliphatic heterocycles. The van der Waals surface area contributed by atoms with Crippen LogP contribution in [0.2, 0.25) is 0 Å². The van der Waals surface area contributed by atoms with Gasteiger partial charge >= 0.3 is 0 Å². The molecule has 0 aliphatic rings. The number of rotatable bonds is 17. The lowest BCUT2D eigenvalue weighted by atomic mass is 10.0. The molecule has 0 fully saturated rings. The third-order valence-corrected chi connectivity index (χ3v) is 7.25. The van der Waals surface area contributed by atoms with E-state index in [4.69, 9.17) is 0 Å². The predicted octanol–water partition coefficient (Wildman–Crippen LogP) is 9.36. The second-order valence-electron chi connectivity index (χ2n) is 10.4. The molecule has 0 amide bonds. The van der Waals surface area contributed by atoms with Crippen LogP contribution in [0.3, 0.4) is 0 Å². The van der Waals surface area contributed by atoms with Crippen molar-refractivity contribution in [2.75, 3.05) is 18.0 Å². The summed E-state index contributed by atoms with van der Waals surface area (Å²) in [6.45, 7) is 6.96. The third-order valence-electron chi connectivity index (χ3n) is 7.25. The molecule has 194 valence electrons. The molecule has 0 bridgehead atoms. The summed E-state index contributed by atoms with van der Waals surface area (Å²) in [5.41, 5.74) is 3.87. The lowest BCUT2D eigenvalue weighted by Crippen LogP contribution is -2.25. The van der Waals surface area contributed by atoms with E-state index in [1.54, 1.807) is 0 Å². The first-order valence-corrected chi connectivity index (χ1v) is 14.6. The van der Waals surface area contributed by atoms with Crippen molar-refractivity contribution >= 4 is 28.6 Å². The van der Waals surface area contributed by atoms with Gasteiger partial charge in [-0.3, -0.25) is 0 Å². The van der Waals surface area contributed by atoms with Gasteiger partial charge in [-0.25, -0.2) is 4.57 Å². The molecule has 2 nitrogen and oxygen atoms in total. The van der Waals surface area contributed by atoms with Crippen LogP contribution in [-0.4, -0.2) is 13.1 Å². The minimum Gasteiger partial charge on any atom is -0.372 e. The Hall–Kier alpha value is -2.61. The Morgan fingerprint density at radius 1 is 0.583 bits per heavy atom. The van der Waals surface area contributed by atoms with Gasteiger partial charge in [0.25, 0.3) is 0 Å². The van der Waals surface area contributed by atoms with E-state index in [2.05, 4.69) is 96.4 Å². The molecule has 1 aromatic heterocycles. The van der Waals surface area contributed by atoms with E-state index in [0.717, 1.165) is 0 Å². The van der Waals surface area contributed by atoms with E-state index in [1.165, 1.54) is 118 Å². The summed E-state index contributed by atoms with van der Waals surface area (Å²) in [6.07, 6.45) is 24.9. The first-order chi connectivity index (χ1) is 17.7. The van der Waals surface area contributed by atoms with Crippen molar-refractivity contribution < 1.29 is 4.57 Å². The van der Waals surface area contributed by atoms with Crippen LogP contribution in [0.25, 0.3) is 22.9 Å². The normalized spacial score (nSPS) is 11.5. The van der Waals surface area contributed by atoms with E-state index in [1.807, 2.05) is 7.05 Å². The van der Waals surface area contributed by atoms with Crippen molar-refractivity contribution in [3.8, 4) is 0 Å². The maximum absolute atomic E-state index is 2.66. The fourth-order valence-electron chi connectivity index (χ4n) is 4.90. The molecule has 3 rings (SSSR count). The molecule has 0 saturated carbocycles. The maximum atomic E-state index is 2.66. The van der Waals surface area contributed by atoms with E-state index < -0.39 is 0 Å². The Balaban J connectivity index is 1.64. The van der Waals surface area contributed by atoms with Gasteiger partial charge in [0.1, 0.15) is 7.05 Å². The molecule has 36 heavy (non-hydrogen) atoms. The number of nitrogens with zero attached hydrogens (tertiary/aromatic N) is 2. The smallest absolute Gasteiger partial charge is 0.169 e. The highest BCUT2D eigenvalue weighted by atomic mass is 15.1. The van der Waals surface area contributed by atoms with Gasteiger partial charge < -0.3 is 4.90 Å². The first kappa shape index (κ1) is 28.0. The number of anilines is 1. The van der Waals surface area contributed by atoms with E-state index >= 15 is 0 Å². The van der Waals surface area contributed by atoms with E-state index in [0.29, 0.717) is 0 Å². The molecule has 0 N–H and O–H groups in total. The minimum absolute atomic E-state index is 1.18. The van der Waals surface area contributed by atoms with Crippen molar-refractivity contribution in [1.82, 2.24) is 0 Å². The highest BCUT2D eigenvalue weighted by Crippen LogP contribution is 2.25. The predicted molar refractivity (Wildman–Crippen MR) is 159 cm³/mol. The zero-order valence-electron chi connectivity index (χ0n) is 23.2. The van der Waals surface area contributed by atoms with Gasteiger partial charge in [-0.2, -0.15) is 0 Å². The van der Waals surface area contributed by atoms with Crippen LogP contribution in [0.1, 0.15) is 102 Å². The summed E-state index contributed by atoms with van der Waals surface area (Å²) in [4.78, 5) is 2.66. The van der Waals surface area contributed by atoms with Crippen LogP contribution in [-0.2, 0) is 7.05 Å². The number of hydrogen-bond donors (Lipinski definition) is 0. The summed E-state index contributed by atoms with van der Waals surface area (Å²) in [7, 11) is 2.05. The Morgan fingerprint density at radius 3 is 1.75 bits per heavy atom. The molecule has 3 aromatic rings. The van der Waals surface area contributed by atoms with Crippen molar-refractivity contribution in [3.05, 3.63) is 72.1 Å². The zero-order valence-corrected chi connectivity index (χ0v) is 23.2. The highest BCUT2D eigenvalue weighted by molar-refractivity contribution is 5.88. The van der Waals surface area contributed by atoms with E-state index in [9.17, 15) is 0 Å². The van der Waals surface area contributed by atoms with Gasteiger partial charge in [0.15, 0.2) is 12.4 Å². The number of benzene rings is 2. The fraction of sp³-hybridized carbons (Fsp3) is 0.500. The van der Waals surface area contributed by atoms with Crippen molar-refractivity contribution in [3.63, 3.8) is 0 Å². The van der Waals surface area contributed by atoms with Gasteiger partial charge in [-0.05, 0) is 52.9 Å². The lowest BCUT2D eigenvalue weighted by molar-refractivity contribution is -0.671. The molecule has 0 saturated heterocycles. The number of unbranched alkanes of at least 4 members (excludes halogenated alkanes) is 10. The van der Waals surface area contributed by atoms with Gasteiger partial charge in [0.05, 0.1) is 0 Å². The largest absolute Gasteiger partial charge is 0.372 e. The molecular formula is C34H49N2+. The second-order valence-corrected chi connectivity index (χ2v) is 10.4. The zero-order chi connectivity index (χ0) is 25.4. The molecule has 0 atom stereocenters. The van der Waals surface area contributed by atoms with Gasteiger partial charge in [-0.1, -0.05) is 108 Å². The highest BCUT2D eigenvalue weighted by Gasteiger charge is 2.08. The van der Waals surface area contributed by atoms with Gasteiger partial charge in [0, 0.05) is 30.9 Å². The van der Waals surface area contributed by atoms with Crippen LogP contribution in [0.15, 0.2) is 60.9 Å². The molecule has 2 heteroatoms. The van der Waals surface area contributed by atoms with Crippen LogP contribution >= 0.6 is 0 Å². The summed E-state index contributed by atoms with van der Waals surface area (Å²) >= 11 is 0. The standard InChI is InChI=1S/C34H49N2/c1-4-6-8-10-12-14-24-36(25-15-13-11-9-7-5-2)34-21-20-32-28-31(18-19-33(32)29-34)17-16-30-22-26-35(3)27-23-30/h16-23,26-29H,4-15,24-25H2,1-3H3/q+1. The number of aromatic nitrogens is 1. The van der Waals surface area contributed by atoms with Crippen molar-refractivity contribution in [2.24, 2.45) is 7.05 Å². The average molecular weight is 486 g/mol. The Morgan fingerprint density at radius 2 is 1.11 bits per heavy atom. The summed E-state index contributed by atoms with van der Waals surface area (Å²) in [5, 5.41) is 2.66. The van der Waals surface area contributed by atoms with Crippen LogP contribution in [0.4, 0.5) is 5.69 Å². The number of hydrogen-bond acceptors (Lipinski definition) is 1. The van der Waals surface area contributed by atoms with E-state index in [-0.39, 0.29) is 0 Å². The SMILES string of the molecule is CCCCCCCCN(CCCCCCCC)c1ccc2cc(C=Cc3cc[n+](C)cc3)ccc2c1. The van der Waals surface area contributed by atoms with Crippen molar-refractivity contribution in [1.29, 1.82) is 0 Å². The maximum Gasteiger partial charge on any atom is 0.169 e. The number of pyridine rings is 1. The number of fused-ring (bicyclic) bond motifs is 1. The van der Waals surface area contributed by atoms with Gasteiger partial charge in [0.2, 0.25) is 0 Å². The number of aryl methyl sites for hydroxylation is 1. The lowest BCUT2D eigenvalue weighted by Gasteiger charge is -2.25. The second kappa shape index (κ2) is 16.2. The minimum atomic E-state index is 1.18. The summed E-state index contributed by atoms with van der Waals surface area (Å²) in [6, 6.07) is 18.2. The molecular weight excluding hydrogens is 436 g/mol. The average Bonchev–Trinajstić information content (AvgIpc) is 2.90. The Kier molecular flexibility index (Phi) is 12.6. The third kappa shape index (κ3) is 9.80. The quantitative estimate of drug-likeness (QED) is 0.136. The van der Waals surface area contributed by atoms with Gasteiger partial charge in [-0.15, -0.1) is 0 Å². The molecule has 0 unspecified atom stereocenters. The molecule has 0 aliphatic carbocycles. The molecule has 0 radical (unpaired) electrons. The Labute approximate surface area is 221 Å².